The Hall–Kier alpha value is -2.50. The average molecular weight is 386 g/mol. The third-order valence-electron chi connectivity index (χ3n) is 5.42. The van der Waals surface area contributed by atoms with Gasteiger partial charge in [-0.15, -0.1) is 0 Å². The van der Waals surface area contributed by atoms with Crippen LogP contribution in [0.4, 0.5) is 4.79 Å². The van der Waals surface area contributed by atoms with E-state index in [0.717, 1.165) is 17.7 Å². The zero-order valence-electron chi connectivity index (χ0n) is 17.2. The molecule has 5 atom stereocenters. The van der Waals surface area contributed by atoms with E-state index >= 15 is 0 Å². The Morgan fingerprint density at radius 3 is 2.36 bits per heavy atom. The molecule has 0 saturated heterocycles. The highest BCUT2D eigenvalue weighted by Gasteiger charge is 2.49. The van der Waals surface area contributed by atoms with Crippen LogP contribution in [0.2, 0.25) is 0 Å². The summed E-state index contributed by atoms with van der Waals surface area (Å²) in [6.07, 6.45) is 4.61. The summed E-state index contributed by atoms with van der Waals surface area (Å²) in [6, 6.07) is 7.27. The molecule has 1 aromatic rings. The largest absolute Gasteiger partial charge is 0.497 e. The highest BCUT2D eigenvalue weighted by molar-refractivity contribution is 5.82. The molecule has 0 radical (unpaired) electrons. The summed E-state index contributed by atoms with van der Waals surface area (Å²) in [6.45, 7) is 7.44. The first-order valence-corrected chi connectivity index (χ1v) is 9.80. The Kier molecular flexibility index (Phi) is 5.68. The molecular weight excluding hydrogens is 356 g/mol. The van der Waals surface area contributed by atoms with Crippen molar-refractivity contribution >= 4 is 12.0 Å². The predicted molar refractivity (Wildman–Crippen MR) is 107 cm³/mol. The van der Waals surface area contributed by atoms with Crippen LogP contribution in [0.3, 0.4) is 0 Å². The summed E-state index contributed by atoms with van der Waals surface area (Å²) >= 11 is 0. The van der Waals surface area contributed by atoms with Crippen molar-refractivity contribution in [3.8, 4) is 5.75 Å². The second-order valence-corrected chi connectivity index (χ2v) is 8.65. The first kappa shape index (κ1) is 20.2. The number of carbonyl (C=O) groups excluding carboxylic acids is 2. The fourth-order valence-corrected chi connectivity index (χ4v) is 4.11. The molecule has 6 nitrogen and oxygen atoms in total. The van der Waals surface area contributed by atoms with Crippen LogP contribution in [0.1, 0.15) is 45.7 Å². The molecule has 2 aliphatic carbocycles. The minimum Gasteiger partial charge on any atom is -0.497 e. The zero-order valence-corrected chi connectivity index (χ0v) is 17.2. The van der Waals surface area contributed by atoms with Crippen molar-refractivity contribution in [3.63, 3.8) is 0 Å². The van der Waals surface area contributed by atoms with Gasteiger partial charge in [0.2, 0.25) is 5.91 Å². The minimum absolute atomic E-state index is 0.0405. The van der Waals surface area contributed by atoms with Gasteiger partial charge in [0.25, 0.3) is 0 Å². The molecule has 0 aliphatic heterocycles. The van der Waals surface area contributed by atoms with Crippen LogP contribution >= 0.6 is 0 Å². The summed E-state index contributed by atoms with van der Waals surface area (Å²) < 4.78 is 10.6. The lowest BCUT2D eigenvalue weighted by atomic mass is 9.87. The van der Waals surface area contributed by atoms with Crippen molar-refractivity contribution in [2.24, 2.45) is 17.8 Å². The second kappa shape index (κ2) is 7.86. The normalized spacial score (nSPS) is 26.6. The lowest BCUT2D eigenvalue weighted by Crippen LogP contribution is -2.50. The maximum atomic E-state index is 13.1. The molecule has 28 heavy (non-hydrogen) atoms. The molecule has 1 aromatic carbocycles. The van der Waals surface area contributed by atoms with Gasteiger partial charge in [-0.1, -0.05) is 24.3 Å². The van der Waals surface area contributed by atoms with Gasteiger partial charge in [-0.3, -0.25) is 4.79 Å². The summed E-state index contributed by atoms with van der Waals surface area (Å²) in [5.74, 6) is 0.768. The van der Waals surface area contributed by atoms with Crippen molar-refractivity contribution in [2.75, 3.05) is 7.11 Å². The minimum atomic E-state index is -0.571. The molecule has 1 saturated carbocycles. The number of ether oxygens (including phenoxy) is 2. The van der Waals surface area contributed by atoms with E-state index in [1.54, 1.807) is 7.11 Å². The van der Waals surface area contributed by atoms with Gasteiger partial charge in [0.15, 0.2) is 0 Å². The molecular formula is C22H30N2O4. The van der Waals surface area contributed by atoms with E-state index in [1.807, 2.05) is 52.0 Å². The van der Waals surface area contributed by atoms with Gasteiger partial charge in [0, 0.05) is 0 Å². The van der Waals surface area contributed by atoms with Crippen molar-refractivity contribution in [3.05, 3.63) is 42.0 Å². The van der Waals surface area contributed by atoms with Gasteiger partial charge < -0.3 is 20.1 Å². The molecule has 0 aromatic heterocycles. The number of rotatable bonds is 5. The van der Waals surface area contributed by atoms with Gasteiger partial charge in [-0.05, 0) is 63.6 Å². The molecule has 0 heterocycles. The summed E-state index contributed by atoms with van der Waals surface area (Å²) in [4.78, 5) is 25.3. The third kappa shape index (κ3) is 4.49. The van der Waals surface area contributed by atoms with E-state index in [2.05, 4.69) is 22.8 Å². The monoisotopic (exact) mass is 386 g/mol. The van der Waals surface area contributed by atoms with Crippen LogP contribution in [0.5, 0.6) is 5.75 Å². The van der Waals surface area contributed by atoms with E-state index in [0.29, 0.717) is 0 Å². The number of amides is 2. The molecule has 2 amide bonds. The highest BCUT2D eigenvalue weighted by Crippen LogP contribution is 2.44. The van der Waals surface area contributed by atoms with E-state index in [9.17, 15) is 9.59 Å². The summed E-state index contributed by atoms with van der Waals surface area (Å²) in [5, 5.41) is 6.04. The van der Waals surface area contributed by atoms with E-state index in [4.69, 9.17) is 9.47 Å². The first-order valence-electron chi connectivity index (χ1n) is 9.80. The van der Waals surface area contributed by atoms with Crippen LogP contribution in [0.25, 0.3) is 0 Å². The van der Waals surface area contributed by atoms with Crippen molar-refractivity contribution in [1.29, 1.82) is 0 Å². The van der Waals surface area contributed by atoms with E-state index in [-0.39, 0.29) is 35.7 Å². The van der Waals surface area contributed by atoms with Crippen LogP contribution in [0.15, 0.2) is 36.4 Å². The second-order valence-electron chi connectivity index (χ2n) is 8.65. The molecule has 152 valence electrons. The lowest BCUT2D eigenvalue weighted by Gasteiger charge is -2.30. The van der Waals surface area contributed by atoms with Gasteiger partial charge in [-0.25, -0.2) is 4.79 Å². The number of nitrogens with one attached hydrogen (secondary N) is 2. The number of methoxy groups -OCH3 is 1. The molecule has 2 bridgehead atoms. The molecule has 3 rings (SSSR count). The Morgan fingerprint density at radius 2 is 1.75 bits per heavy atom. The maximum Gasteiger partial charge on any atom is 0.407 e. The molecule has 0 unspecified atom stereocenters. The predicted octanol–water partition coefficient (Wildman–Crippen LogP) is 3.59. The number of benzene rings is 1. The smallest absolute Gasteiger partial charge is 0.407 e. The van der Waals surface area contributed by atoms with E-state index in [1.165, 1.54) is 0 Å². The van der Waals surface area contributed by atoms with Crippen LogP contribution < -0.4 is 15.4 Å². The number of hydrogen-bond acceptors (Lipinski definition) is 4. The Morgan fingerprint density at radius 1 is 1.11 bits per heavy atom. The molecule has 2 aliphatic rings. The van der Waals surface area contributed by atoms with Gasteiger partial charge in [-0.2, -0.15) is 0 Å². The Balaban J connectivity index is 1.66. The topological polar surface area (TPSA) is 76.7 Å². The van der Waals surface area contributed by atoms with E-state index < -0.39 is 11.7 Å². The summed E-state index contributed by atoms with van der Waals surface area (Å²) in [7, 11) is 1.63. The summed E-state index contributed by atoms with van der Waals surface area (Å²) in [5.41, 5.74) is 0.433. The maximum absolute atomic E-state index is 13.1. The fraction of sp³-hybridized carbons (Fsp3) is 0.545. The molecule has 6 heteroatoms. The number of alkyl carbamates (subject to hydrolysis) is 1. The van der Waals surface area contributed by atoms with Crippen LogP contribution in [0, 0.1) is 17.8 Å². The van der Waals surface area contributed by atoms with Gasteiger partial charge >= 0.3 is 6.09 Å². The van der Waals surface area contributed by atoms with Crippen LogP contribution in [-0.4, -0.2) is 30.8 Å². The highest BCUT2D eigenvalue weighted by atomic mass is 16.6. The molecule has 0 spiro atoms. The quantitative estimate of drug-likeness (QED) is 0.758. The first-order chi connectivity index (χ1) is 13.2. The number of hydrogen-bond donors (Lipinski definition) is 2. The fourth-order valence-electron chi connectivity index (χ4n) is 4.11. The third-order valence-corrected chi connectivity index (χ3v) is 5.42. The van der Waals surface area contributed by atoms with Crippen LogP contribution in [-0.2, 0) is 9.53 Å². The van der Waals surface area contributed by atoms with Crippen molar-refractivity contribution < 1.29 is 19.1 Å². The van der Waals surface area contributed by atoms with Crippen molar-refractivity contribution in [2.45, 2.75) is 51.8 Å². The van der Waals surface area contributed by atoms with Gasteiger partial charge in [0.05, 0.1) is 25.1 Å². The average Bonchev–Trinajstić information content (AvgIpc) is 3.21. The lowest BCUT2D eigenvalue weighted by molar-refractivity contribution is -0.127. The van der Waals surface area contributed by atoms with Crippen molar-refractivity contribution in [1.82, 2.24) is 10.6 Å². The molecule has 2 N–H and O–H groups in total. The Labute approximate surface area is 166 Å². The van der Waals surface area contributed by atoms with Gasteiger partial charge in [0.1, 0.15) is 11.4 Å². The number of allylic oxidation sites excluding steroid dienone is 1. The number of carbonyl (C=O) groups is 2. The standard InChI is InChI=1S/C22H30N2O4/c1-13(14-8-10-17(27-5)11-9-14)23-20(25)18-15-6-7-16(12-15)19(18)24-21(26)28-22(2,3)4/h6-11,13,15-16,18-19H,12H2,1-5H3,(H,23,25)(H,24,26)/t13-,15-,16+,18+,19-/m1/s1. The Bertz CT molecular complexity index is 751. The SMILES string of the molecule is COc1ccc([C@@H](C)NC(=O)[C@@H]2[C@H](NC(=O)OC(C)(C)C)[C@H]3C=C[C@@H]2C3)cc1. The zero-order chi connectivity index (χ0) is 20.5. The molecule has 1 fully saturated rings. The number of fused-ring (bicyclic) bond motifs is 2.